The first kappa shape index (κ1) is 11.8. The lowest BCUT2D eigenvalue weighted by Gasteiger charge is -2.06. The molecule has 0 aliphatic heterocycles. The predicted molar refractivity (Wildman–Crippen MR) is 64.9 cm³/mol. The topological polar surface area (TPSA) is 35.0 Å². The zero-order valence-electron chi connectivity index (χ0n) is 9.15. The van der Waals surface area contributed by atoms with Crippen LogP contribution < -0.4 is 4.74 Å². The Kier molecular flexibility index (Phi) is 3.54. The number of ether oxygens (including phenoxy) is 1. The molecule has 0 radical (unpaired) electrons. The van der Waals surface area contributed by atoms with Gasteiger partial charge < -0.3 is 4.74 Å². The Morgan fingerprint density at radius 2 is 2.35 bits per heavy atom. The van der Waals surface area contributed by atoms with Crippen LogP contribution in [0.2, 0.25) is 5.28 Å². The van der Waals surface area contributed by atoms with Crippen LogP contribution in [0.1, 0.15) is 6.92 Å². The molecule has 0 N–H and O–H groups in total. The van der Waals surface area contributed by atoms with Crippen molar-refractivity contribution in [2.75, 3.05) is 6.61 Å². The molecule has 0 saturated heterocycles. The van der Waals surface area contributed by atoms with Crippen molar-refractivity contribution >= 4 is 22.5 Å². The molecule has 0 spiro atoms. The lowest BCUT2D eigenvalue weighted by molar-refractivity contribution is 0.350. The zero-order valence-corrected chi connectivity index (χ0v) is 9.91. The Bertz CT molecular complexity index is 571. The third-order valence-corrected chi connectivity index (χ3v) is 2.36. The summed E-state index contributed by atoms with van der Waals surface area (Å²) in [6.07, 6.45) is 2.15. The number of fused-ring (bicyclic) bond motifs is 1. The second kappa shape index (κ2) is 5.10. The molecule has 0 bridgehead atoms. The molecule has 1 aromatic carbocycles. The highest BCUT2D eigenvalue weighted by molar-refractivity contribution is 6.28. The van der Waals surface area contributed by atoms with Gasteiger partial charge in [0.2, 0.25) is 5.28 Å². The molecule has 0 atom stereocenters. The smallest absolute Gasteiger partial charge is 0.222 e. The third-order valence-electron chi connectivity index (χ3n) is 2.17. The van der Waals surface area contributed by atoms with Gasteiger partial charge in [0.1, 0.15) is 12.4 Å². The van der Waals surface area contributed by atoms with Crippen LogP contribution in [-0.2, 0) is 0 Å². The molecule has 17 heavy (non-hydrogen) atoms. The summed E-state index contributed by atoms with van der Waals surface area (Å²) in [6.45, 7) is 1.88. The molecule has 0 saturated carbocycles. The summed E-state index contributed by atoms with van der Waals surface area (Å²) in [5.41, 5.74) is 1.27. The molecule has 0 fully saturated rings. The van der Waals surface area contributed by atoms with Crippen LogP contribution in [0.4, 0.5) is 4.39 Å². The van der Waals surface area contributed by atoms with Crippen LogP contribution in [0.3, 0.4) is 0 Å². The van der Waals surface area contributed by atoms with Gasteiger partial charge in [0.25, 0.3) is 0 Å². The van der Waals surface area contributed by atoms with E-state index in [9.17, 15) is 4.39 Å². The first-order valence-corrected chi connectivity index (χ1v) is 5.38. The Morgan fingerprint density at radius 1 is 1.53 bits per heavy atom. The molecule has 0 aliphatic carbocycles. The average molecular weight is 253 g/mol. The van der Waals surface area contributed by atoms with E-state index in [1.807, 2.05) is 0 Å². The normalized spacial score (nSPS) is 11.8. The van der Waals surface area contributed by atoms with E-state index >= 15 is 0 Å². The van der Waals surface area contributed by atoms with Gasteiger partial charge in [-0.2, -0.15) is 0 Å². The number of aromatic nitrogens is 2. The Balaban J connectivity index is 2.23. The van der Waals surface area contributed by atoms with Gasteiger partial charge in [-0.05, 0) is 42.3 Å². The maximum atomic E-state index is 12.1. The SMILES string of the molecule is C/C(=C\F)COc1ccc2nc(Cl)ncc2c1. The van der Waals surface area contributed by atoms with E-state index in [1.54, 1.807) is 31.3 Å². The quantitative estimate of drug-likeness (QED) is 0.784. The number of benzene rings is 1. The minimum absolute atomic E-state index is 0.211. The van der Waals surface area contributed by atoms with E-state index in [2.05, 4.69) is 9.97 Å². The Hall–Kier alpha value is -1.68. The van der Waals surface area contributed by atoms with Crippen LogP contribution in [0.5, 0.6) is 5.75 Å². The summed E-state index contributed by atoms with van der Waals surface area (Å²) < 4.78 is 17.5. The number of hydrogen-bond acceptors (Lipinski definition) is 3. The Labute approximate surface area is 103 Å². The fraction of sp³-hybridized carbons (Fsp3) is 0.167. The lowest BCUT2D eigenvalue weighted by atomic mass is 10.2. The summed E-state index contributed by atoms with van der Waals surface area (Å²) >= 11 is 5.68. The maximum absolute atomic E-state index is 12.1. The second-order valence-corrected chi connectivity index (χ2v) is 3.94. The monoisotopic (exact) mass is 252 g/mol. The van der Waals surface area contributed by atoms with Gasteiger partial charge in [0.15, 0.2) is 0 Å². The second-order valence-electron chi connectivity index (χ2n) is 3.60. The number of hydrogen-bond donors (Lipinski definition) is 0. The minimum Gasteiger partial charge on any atom is -0.489 e. The molecule has 1 aromatic heterocycles. The first-order chi connectivity index (χ1) is 8.19. The van der Waals surface area contributed by atoms with Crippen LogP contribution in [0.25, 0.3) is 10.9 Å². The molecule has 3 nitrogen and oxygen atoms in total. The van der Waals surface area contributed by atoms with Crippen molar-refractivity contribution in [2.24, 2.45) is 0 Å². The summed E-state index contributed by atoms with van der Waals surface area (Å²) in [5, 5.41) is 1.04. The van der Waals surface area contributed by atoms with Crippen molar-refractivity contribution in [3.05, 3.63) is 41.6 Å². The van der Waals surface area contributed by atoms with Crippen LogP contribution >= 0.6 is 11.6 Å². The number of halogens is 2. The van der Waals surface area contributed by atoms with E-state index in [0.29, 0.717) is 17.7 Å². The fourth-order valence-corrected chi connectivity index (χ4v) is 1.45. The van der Waals surface area contributed by atoms with Gasteiger partial charge >= 0.3 is 0 Å². The zero-order chi connectivity index (χ0) is 12.3. The van der Waals surface area contributed by atoms with Gasteiger partial charge in [-0.25, -0.2) is 14.4 Å². The predicted octanol–water partition coefficient (Wildman–Crippen LogP) is 3.54. The van der Waals surface area contributed by atoms with Crippen LogP contribution in [0.15, 0.2) is 36.3 Å². The van der Waals surface area contributed by atoms with E-state index in [4.69, 9.17) is 16.3 Å². The summed E-state index contributed by atoms with van der Waals surface area (Å²) in [6, 6.07) is 5.33. The molecule has 1 heterocycles. The summed E-state index contributed by atoms with van der Waals surface area (Å²) in [5.74, 6) is 0.643. The van der Waals surface area contributed by atoms with Crippen LogP contribution in [0, 0.1) is 0 Å². The minimum atomic E-state index is 0.211. The molecule has 0 unspecified atom stereocenters. The Morgan fingerprint density at radius 3 is 3.12 bits per heavy atom. The van der Waals surface area contributed by atoms with Crippen LogP contribution in [-0.4, -0.2) is 16.6 Å². The van der Waals surface area contributed by atoms with Crippen molar-refractivity contribution < 1.29 is 9.13 Å². The van der Waals surface area contributed by atoms with Gasteiger partial charge in [0, 0.05) is 11.6 Å². The van der Waals surface area contributed by atoms with Crippen molar-refractivity contribution in [1.29, 1.82) is 0 Å². The van der Waals surface area contributed by atoms with Gasteiger partial charge in [-0.1, -0.05) is 0 Å². The standard InChI is InChI=1S/C12H10ClFN2O/c1-8(5-14)7-17-10-2-3-11-9(4-10)6-15-12(13)16-11/h2-6H,7H2,1H3/b8-5+. The van der Waals surface area contributed by atoms with Crippen molar-refractivity contribution in [3.63, 3.8) is 0 Å². The van der Waals surface area contributed by atoms with E-state index in [-0.39, 0.29) is 11.9 Å². The summed E-state index contributed by atoms with van der Waals surface area (Å²) in [7, 11) is 0. The van der Waals surface area contributed by atoms with Gasteiger partial charge in [-0.3, -0.25) is 0 Å². The largest absolute Gasteiger partial charge is 0.489 e. The highest BCUT2D eigenvalue weighted by Crippen LogP contribution is 2.20. The molecule has 0 amide bonds. The maximum Gasteiger partial charge on any atom is 0.222 e. The third kappa shape index (κ3) is 2.91. The fourth-order valence-electron chi connectivity index (χ4n) is 1.31. The van der Waals surface area contributed by atoms with E-state index < -0.39 is 0 Å². The first-order valence-electron chi connectivity index (χ1n) is 5.00. The molecule has 0 aliphatic rings. The van der Waals surface area contributed by atoms with E-state index in [0.717, 1.165) is 10.9 Å². The molecule has 2 aromatic rings. The molecule has 5 heteroatoms. The summed E-state index contributed by atoms with van der Waals surface area (Å²) in [4.78, 5) is 7.94. The van der Waals surface area contributed by atoms with Crippen molar-refractivity contribution in [2.45, 2.75) is 6.92 Å². The van der Waals surface area contributed by atoms with Crippen molar-refractivity contribution in [1.82, 2.24) is 9.97 Å². The molecule has 88 valence electrons. The van der Waals surface area contributed by atoms with Crippen molar-refractivity contribution in [3.8, 4) is 5.75 Å². The lowest BCUT2D eigenvalue weighted by Crippen LogP contribution is -1.98. The van der Waals surface area contributed by atoms with Gasteiger partial charge in [-0.15, -0.1) is 0 Å². The molecular weight excluding hydrogens is 243 g/mol. The highest BCUT2D eigenvalue weighted by atomic mass is 35.5. The van der Waals surface area contributed by atoms with E-state index in [1.165, 1.54) is 0 Å². The highest BCUT2D eigenvalue weighted by Gasteiger charge is 2.01. The number of nitrogens with zero attached hydrogens (tertiary/aromatic N) is 2. The molecule has 2 rings (SSSR count). The number of rotatable bonds is 3. The molecular formula is C12H10ClFN2O. The average Bonchev–Trinajstić information content (AvgIpc) is 2.35. The van der Waals surface area contributed by atoms with Gasteiger partial charge in [0.05, 0.1) is 11.8 Å².